The Morgan fingerprint density at radius 1 is 0.863 bits per heavy atom. The van der Waals surface area contributed by atoms with Crippen LogP contribution in [0.2, 0.25) is 5.02 Å². The fourth-order valence-corrected chi connectivity index (χ4v) is 5.94. The van der Waals surface area contributed by atoms with Crippen LogP contribution in [0.5, 0.6) is 11.5 Å². The normalized spacial score (nSPS) is 12.8. The van der Waals surface area contributed by atoms with Gasteiger partial charge in [0.05, 0.1) is 44.9 Å². The van der Waals surface area contributed by atoms with Crippen molar-refractivity contribution >= 4 is 51.7 Å². The Balaban J connectivity index is 1.51. The van der Waals surface area contributed by atoms with Crippen molar-refractivity contribution in [3.63, 3.8) is 0 Å². The average molecular weight is 719 g/mol. The summed E-state index contributed by atoms with van der Waals surface area (Å²) in [6.07, 6.45) is -4.99. The second-order valence-corrected chi connectivity index (χ2v) is 11.7. The van der Waals surface area contributed by atoms with Gasteiger partial charge in [-0.1, -0.05) is 48.0 Å². The lowest BCUT2D eigenvalue weighted by Crippen LogP contribution is -2.30. The maximum atomic E-state index is 14.5. The number of nitrogens with zero attached hydrogens (tertiary/aromatic N) is 2. The molecule has 0 saturated carbocycles. The third kappa shape index (κ3) is 5.93. The van der Waals surface area contributed by atoms with Gasteiger partial charge in [0.1, 0.15) is 17.4 Å². The number of rotatable bonds is 7. The molecule has 7 rings (SSSR count). The van der Waals surface area contributed by atoms with Crippen molar-refractivity contribution in [3.8, 4) is 22.6 Å². The van der Waals surface area contributed by atoms with E-state index < -0.39 is 53.3 Å². The first-order valence-electron chi connectivity index (χ1n) is 14.9. The molecule has 0 aliphatic carbocycles. The van der Waals surface area contributed by atoms with Gasteiger partial charge in [0, 0.05) is 17.2 Å². The Morgan fingerprint density at radius 3 is 2.20 bits per heavy atom. The van der Waals surface area contributed by atoms with E-state index in [1.54, 1.807) is 36.4 Å². The van der Waals surface area contributed by atoms with E-state index in [1.807, 2.05) is 0 Å². The number of nitrogens with one attached hydrogen (secondary N) is 2. The number of halogens is 6. The quantitative estimate of drug-likeness (QED) is 0.112. The number of hydrogen-bond donors (Lipinski definition) is 3. The van der Waals surface area contributed by atoms with Gasteiger partial charge in [0.2, 0.25) is 0 Å². The number of H-pyrrole nitrogens is 1. The number of alkyl halides is 3. The average Bonchev–Trinajstić information content (AvgIpc) is 3.64. The molecule has 0 atom stereocenters. The highest BCUT2D eigenvalue weighted by molar-refractivity contribution is 6.36. The van der Waals surface area contributed by atoms with Gasteiger partial charge in [-0.2, -0.15) is 18.3 Å². The summed E-state index contributed by atoms with van der Waals surface area (Å²) >= 11 is 6.35. The van der Waals surface area contributed by atoms with Crippen LogP contribution in [0.1, 0.15) is 42.2 Å². The number of carbonyl (C=O) groups excluding carboxylic acids is 3. The maximum Gasteiger partial charge on any atom is 0.416 e. The Bertz CT molecular complexity index is 2400. The molecule has 51 heavy (non-hydrogen) atoms. The second kappa shape index (κ2) is 12.6. The fraction of sp³-hybridized carbons (Fsp3) is 0.0556. The van der Waals surface area contributed by atoms with Crippen molar-refractivity contribution in [1.29, 1.82) is 0 Å². The lowest BCUT2D eigenvalue weighted by Gasteiger charge is -2.20. The molecule has 3 N–H and O–H groups in total. The molecule has 0 saturated heterocycles. The molecule has 0 fully saturated rings. The Labute approximate surface area is 288 Å². The first-order valence-corrected chi connectivity index (χ1v) is 15.3. The number of aliphatic hydroxyl groups is 1. The summed E-state index contributed by atoms with van der Waals surface area (Å²) in [5, 5.41) is 19.5. The molecule has 1 aliphatic heterocycles. The number of aliphatic hydroxyl groups excluding tert-OH is 1. The lowest BCUT2D eigenvalue weighted by atomic mass is 9.96. The van der Waals surface area contributed by atoms with Crippen LogP contribution in [0.15, 0.2) is 91.0 Å². The van der Waals surface area contributed by atoms with Crippen molar-refractivity contribution in [1.82, 2.24) is 10.2 Å². The molecule has 256 valence electrons. The lowest BCUT2D eigenvalue weighted by molar-refractivity contribution is -0.137. The largest absolute Gasteiger partial charge is 0.453 e. The van der Waals surface area contributed by atoms with Crippen LogP contribution >= 0.6 is 11.6 Å². The summed E-state index contributed by atoms with van der Waals surface area (Å²) in [5.41, 5.74) is -1.23. The number of aromatic amines is 1. The molecular formula is C36H20ClF5N4O5. The van der Waals surface area contributed by atoms with Gasteiger partial charge in [0.15, 0.2) is 11.6 Å². The van der Waals surface area contributed by atoms with Crippen LogP contribution in [-0.4, -0.2) is 33.0 Å². The molecule has 0 unspecified atom stereocenters. The smallest absolute Gasteiger partial charge is 0.416 e. The van der Waals surface area contributed by atoms with Crippen LogP contribution in [0.3, 0.4) is 0 Å². The third-order valence-corrected chi connectivity index (χ3v) is 8.41. The van der Waals surface area contributed by atoms with Gasteiger partial charge < -0.3 is 15.2 Å². The van der Waals surface area contributed by atoms with Crippen LogP contribution in [0.4, 0.5) is 33.5 Å². The van der Waals surface area contributed by atoms with Gasteiger partial charge in [-0.25, -0.2) is 13.7 Å². The Morgan fingerprint density at radius 2 is 1.53 bits per heavy atom. The fourth-order valence-electron chi connectivity index (χ4n) is 5.78. The molecule has 0 spiro atoms. The zero-order chi connectivity index (χ0) is 36.2. The third-order valence-electron chi connectivity index (χ3n) is 8.10. The Hall–Kier alpha value is -6.12. The highest BCUT2D eigenvalue weighted by Crippen LogP contribution is 2.48. The molecule has 1 aliphatic rings. The molecule has 15 heteroatoms. The molecular weight excluding hydrogens is 699 g/mol. The van der Waals surface area contributed by atoms with Crippen molar-refractivity contribution < 1.29 is 46.2 Å². The van der Waals surface area contributed by atoms with E-state index in [2.05, 4.69) is 15.5 Å². The zero-order valence-electron chi connectivity index (χ0n) is 25.6. The predicted molar refractivity (Wildman–Crippen MR) is 176 cm³/mol. The van der Waals surface area contributed by atoms with Gasteiger partial charge in [0.25, 0.3) is 17.7 Å². The number of benzene rings is 5. The van der Waals surface area contributed by atoms with Gasteiger partial charge in [-0.3, -0.25) is 19.5 Å². The summed E-state index contributed by atoms with van der Waals surface area (Å²) in [7, 11) is 0. The standard InChI is InChI=1S/C36H20ClF5N4O5/c37-26-10-9-20(38)14-28(26)51-31-27(43-33(48)18-11-19(36(40,41)42)13-21(39)12-18)15-25(22-6-2-1-5-17(22)16-47)30-29(31)32(45-44-30)46-34(49)23-7-3-4-8-24(23)35(46)50/h1-15,47H,16H2,(H,43,48)(H,44,45). The van der Waals surface area contributed by atoms with E-state index in [1.165, 1.54) is 24.3 Å². The van der Waals surface area contributed by atoms with Crippen molar-refractivity contribution in [3.05, 3.63) is 135 Å². The van der Waals surface area contributed by atoms with Gasteiger partial charge >= 0.3 is 6.18 Å². The maximum absolute atomic E-state index is 14.5. The van der Waals surface area contributed by atoms with E-state index in [0.717, 1.165) is 17.0 Å². The molecule has 2 heterocycles. The molecule has 6 aromatic rings. The molecule has 0 radical (unpaired) electrons. The number of amides is 3. The summed E-state index contributed by atoms with van der Waals surface area (Å²) < 4.78 is 75.7. The minimum atomic E-state index is -4.99. The first-order chi connectivity index (χ1) is 24.3. The minimum Gasteiger partial charge on any atom is -0.453 e. The van der Waals surface area contributed by atoms with Gasteiger partial charge in [-0.15, -0.1) is 0 Å². The second-order valence-electron chi connectivity index (χ2n) is 11.3. The van der Waals surface area contributed by atoms with Crippen molar-refractivity contribution in [2.24, 2.45) is 0 Å². The van der Waals surface area contributed by atoms with E-state index in [-0.39, 0.29) is 61.7 Å². The number of imide groups is 1. The first kappa shape index (κ1) is 33.4. The SMILES string of the molecule is O=C(Nc1cc(-c2ccccc2CO)c2[nH]nc(N3C(=O)c4ccccc4C3=O)c2c1Oc1cc(F)ccc1Cl)c1cc(F)cc(C(F)(F)F)c1. The summed E-state index contributed by atoms with van der Waals surface area (Å²) in [6.45, 7) is -0.459. The monoisotopic (exact) mass is 718 g/mol. The van der Waals surface area contributed by atoms with Gasteiger partial charge in [-0.05, 0) is 59.7 Å². The highest BCUT2D eigenvalue weighted by Gasteiger charge is 2.40. The summed E-state index contributed by atoms with van der Waals surface area (Å²) in [6, 6.07) is 18.2. The number of fused-ring (bicyclic) bond motifs is 2. The molecule has 5 aromatic carbocycles. The minimum absolute atomic E-state index is 0.0659. The number of aromatic nitrogens is 2. The van der Waals surface area contributed by atoms with Crippen molar-refractivity contribution in [2.75, 3.05) is 10.2 Å². The Kier molecular flexibility index (Phi) is 8.28. The number of hydrogen-bond acceptors (Lipinski definition) is 6. The van der Waals surface area contributed by atoms with E-state index in [4.69, 9.17) is 16.3 Å². The number of anilines is 2. The number of carbonyl (C=O) groups is 3. The van der Waals surface area contributed by atoms with E-state index in [0.29, 0.717) is 23.3 Å². The van der Waals surface area contributed by atoms with Crippen molar-refractivity contribution in [2.45, 2.75) is 12.8 Å². The van der Waals surface area contributed by atoms with Crippen LogP contribution in [0, 0.1) is 11.6 Å². The van der Waals surface area contributed by atoms with Crippen LogP contribution in [0.25, 0.3) is 22.0 Å². The zero-order valence-corrected chi connectivity index (χ0v) is 26.4. The molecule has 0 bridgehead atoms. The highest BCUT2D eigenvalue weighted by atomic mass is 35.5. The molecule has 9 nitrogen and oxygen atoms in total. The summed E-state index contributed by atoms with van der Waals surface area (Å²) in [4.78, 5) is 41.8. The predicted octanol–water partition coefficient (Wildman–Crippen LogP) is 8.52. The summed E-state index contributed by atoms with van der Waals surface area (Å²) in [5.74, 6) is -5.84. The number of ether oxygens (including phenoxy) is 1. The molecule has 3 amide bonds. The molecule has 1 aromatic heterocycles. The van der Waals surface area contributed by atoms with Crippen LogP contribution in [-0.2, 0) is 12.8 Å². The van der Waals surface area contributed by atoms with Crippen LogP contribution < -0.4 is 15.0 Å². The topological polar surface area (TPSA) is 125 Å². The van der Waals surface area contributed by atoms with E-state index >= 15 is 0 Å². The van der Waals surface area contributed by atoms with E-state index in [9.17, 15) is 41.4 Å².